The van der Waals surface area contributed by atoms with Gasteiger partial charge in [-0.1, -0.05) is 53.7 Å². The molecule has 2 aliphatic rings. The second-order valence-electron chi connectivity index (χ2n) is 7.98. The summed E-state index contributed by atoms with van der Waals surface area (Å²) in [6.45, 7) is 1.46. The monoisotopic (exact) mass is 553 g/mol. The van der Waals surface area contributed by atoms with Crippen LogP contribution in [0.3, 0.4) is 0 Å². The van der Waals surface area contributed by atoms with E-state index in [1.54, 1.807) is 12.1 Å². The number of esters is 1. The second kappa shape index (κ2) is 11.0. The summed E-state index contributed by atoms with van der Waals surface area (Å²) in [4.78, 5) is 30.8. The van der Waals surface area contributed by atoms with Crippen molar-refractivity contribution in [3.63, 3.8) is 0 Å². The molecular formula is C25H20ClF4N3O3S. The molecule has 2 aliphatic heterocycles. The Kier molecular flexibility index (Phi) is 7.93. The molecular weight excluding hydrogens is 534 g/mol. The van der Waals surface area contributed by atoms with Gasteiger partial charge in [-0.25, -0.2) is 14.2 Å². The molecule has 2 heterocycles. The highest BCUT2D eigenvalue weighted by Gasteiger charge is 2.49. The van der Waals surface area contributed by atoms with Gasteiger partial charge in [0.15, 0.2) is 10.9 Å². The topological polar surface area (TPSA) is 71.0 Å². The molecule has 12 heteroatoms. The molecule has 0 aliphatic carbocycles. The minimum absolute atomic E-state index is 0.0494. The number of benzene rings is 2. The molecule has 0 saturated carbocycles. The Morgan fingerprint density at radius 2 is 1.86 bits per heavy atom. The lowest BCUT2D eigenvalue weighted by Crippen LogP contribution is -2.40. The number of hydrogen-bond donors (Lipinski definition) is 1. The highest BCUT2D eigenvalue weighted by atomic mass is 35.5. The van der Waals surface area contributed by atoms with Gasteiger partial charge >= 0.3 is 12.1 Å². The van der Waals surface area contributed by atoms with Crippen molar-refractivity contribution in [3.05, 3.63) is 92.9 Å². The van der Waals surface area contributed by atoms with Crippen LogP contribution in [0.1, 0.15) is 30.5 Å². The zero-order valence-electron chi connectivity index (χ0n) is 19.3. The molecule has 0 fully saturated rings. The van der Waals surface area contributed by atoms with E-state index in [0.29, 0.717) is 11.3 Å². The van der Waals surface area contributed by atoms with Gasteiger partial charge in [0.2, 0.25) is 5.91 Å². The Morgan fingerprint density at radius 1 is 1.16 bits per heavy atom. The smallest absolute Gasteiger partial charge is 0.434 e. The summed E-state index contributed by atoms with van der Waals surface area (Å²) in [5.74, 6) is -2.02. The molecule has 1 N–H and O–H groups in total. The number of carbonyl (C=O) groups excluding carboxylic acids is 2. The Morgan fingerprint density at radius 3 is 2.51 bits per heavy atom. The van der Waals surface area contributed by atoms with Crippen LogP contribution in [0.25, 0.3) is 0 Å². The average molecular weight is 554 g/mol. The third-order valence-corrected chi connectivity index (χ3v) is 6.75. The van der Waals surface area contributed by atoms with Crippen LogP contribution in [0, 0.1) is 5.82 Å². The number of amides is 1. The lowest BCUT2D eigenvalue weighted by atomic mass is 9.93. The molecule has 6 nitrogen and oxygen atoms in total. The van der Waals surface area contributed by atoms with Crippen molar-refractivity contribution < 1.29 is 31.9 Å². The molecule has 0 spiro atoms. The first-order valence-corrected chi connectivity index (χ1v) is 12.3. The molecule has 37 heavy (non-hydrogen) atoms. The maximum atomic E-state index is 14.1. The number of nitrogens with zero attached hydrogens (tertiary/aromatic N) is 2. The molecule has 1 amide bonds. The van der Waals surface area contributed by atoms with E-state index in [2.05, 4.69) is 10.3 Å². The Hall–Kier alpha value is -3.31. The quantitative estimate of drug-likeness (QED) is 0.343. The Balaban J connectivity index is 1.69. The summed E-state index contributed by atoms with van der Waals surface area (Å²) in [7, 11) is 0. The van der Waals surface area contributed by atoms with Gasteiger partial charge < -0.3 is 15.0 Å². The fourth-order valence-corrected chi connectivity index (χ4v) is 5.07. The second-order valence-corrected chi connectivity index (χ2v) is 9.22. The number of fused-ring (bicyclic) bond motifs is 1. The lowest BCUT2D eigenvalue weighted by Gasteiger charge is -2.37. The van der Waals surface area contributed by atoms with Crippen LogP contribution < -0.4 is 5.32 Å². The highest BCUT2D eigenvalue weighted by molar-refractivity contribution is 8.16. The summed E-state index contributed by atoms with van der Waals surface area (Å²) < 4.78 is 60.4. The number of amidine groups is 1. The van der Waals surface area contributed by atoms with Gasteiger partial charge in [-0.2, -0.15) is 13.2 Å². The van der Waals surface area contributed by atoms with Crippen LogP contribution in [0.4, 0.5) is 17.6 Å². The fraction of sp³-hybridized carbons (Fsp3) is 0.240. The standard InChI is InChI=1S/C25H20ClF4N3O3S/c1-2-36-23(35)20-21(17-5-3-4-6-18(17)26)33-16(13-37-24(33)32-22(20)25(28,29)30)11-19(34)31-12-14-7-9-15(27)10-8-14/h3-10,13,21H,2,11-12H2,1H3,(H,31,34). The molecule has 194 valence electrons. The van der Waals surface area contributed by atoms with Crippen molar-refractivity contribution in [2.24, 2.45) is 4.99 Å². The van der Waals surface area contributed by atoms with Gasteiger partial charge in [-0.3, -0.25) is 4.79 Å². The van der Waals surface area contributed by atoms with Crippen molar-refractivity contribution in [3.8, 4) is 0 Å². The summed E-state index contributed by atoms with van der Waals surface area (Å²) in [6.07, 6.45) is -5.16. The number of carbonyl (C=O) groups is 2. The number of alkyl halides is 3. The third-order valence-electron chi connectivity index (χ3n) is 5.52. The van der Waals surface area contributed by atoms with Gasteiger partial charge in [0.05, 0.1) is 24.6 Å². The summed E-state index contributed by atoms with van der Waals surface area (Å²) in [5.41, 5.74) is -0.868. The van der Waals surface area contributed by atoms with Crippen LogP contribution in [0.5, 0.6) is 0 Å². The fourth-order valence-electron chi connectivity index (χ4n) is 3.91. The summed E-state index contributed by atoms with van der Waals surface area (Å²) >= 11 is 7.29. The molecule has 1 atom stereocenters. The minimum Gasteiger partial charge on any atom is -0.463 e. The van der Waals surface area contributed by atoms with Crippen LogP contribution in [0.2, 0.25) is 5.02 Å². The van der Waals surface area contributed by atoms with Crippen molar-refractivity contribution in [2.45, 2.75) is 32.1 Å². The van der Waals surface area contributed by atoms with E-state index in [-0.39, 0.29) is 35.3 Å². The number of nitrogens with one attached hydrogen (secondary N) is 1. The van der Waals surface area contributed by atoms with Crippen molar-refractivity contribution in [1.82, 2.24) is 10.2 Å². The average Bonchev–Trinajstić information content (AvgIpc) is 3.25. The van der Waals surface area contributed by atoms with Gasteiger partial charge in [-0.15, -0.1) is 0 Å². The first kappa shape index (κ1) is 26.7. The van der Waals surface area contributed by atoms with Crippen LogP contribution >= 0.6 is 23.4 Å². The molecule has 0 bridgehead atoms. The number of ether oxygens (including phenoxy) is 1. The first-order valence-electron chi connectivity index (χ1n) is 11.1. The third kappa shape index (κ3) is 5.83. The van der Waals surface area contributed by atoms with Gasteiger partial charge in [0.1, 0.15) is 5.82 Å². The van der Waals surface area contributed by atoms with E-state index in [9.17, 15) is 27.2 Å². The van der Waals surface area contributed by atoms with Crippen molar-refractivity contribution in [2.75, 3.05) is 6.61 Å². The molecule has 0 radical (unpaired) electrons. The summed E-state index contributed by atoms with van der Waals surface area (Å²) in [6, 6.07) is 10.5. The zero-order valence-corrected chi connectivity index (χ0v) is 20.9. The van der Waals surface area contributed by atoms with Gasteiger partial charge in [0, 0.05) is 17.3 Å². The largest absolute Gasteiger partial charge is 0.463 e. The lowest BCUT2D eigenvalue weighted by molar-refractivity contribution is -0.140. The highest BCUT2D eigenvalue weighted by Crippen LogP contribution is 2.49. The number of aliphatic imine (C=N–C) groups is 1. The van der Waals surface area contributed by atoms with E-state index in [0.717, 1.165) is 11.8 Å². The number of hydrogen-bond acceptors (Lipinski definition) is 6. The van der Waals surface area contributed by atoms with E-state index in [4.69, 9.17) is 16.3 Å². The van der Waals surface area contributed by atoms with E-state index in [1.807, 2.05) is 0 Å². The SMILES string of the molecule is CCOC(=O)C1=C(C(F)(F)F)N=C2SC=C(CC(=O)NCc3ccc(F)cc3)N2C1c1ccccc1Cl. The number of rotatable bonds is 7. The van der Waals surface area contributed by atoms with Crippen molar-refractivity contribution >= 4 is 40.4 Å². The maximum Gasteiger partial charge on any atom is 0.434 e. The molecule has 2 aromatic carbocycles. The van der Waals surface area contributed by atoms with Crippen LogP contribution in [-0.4, -0.2) is 34.7 Å². The molecule has 2 aromatic rings. The number of allylic oxidation sites excluding steroid dienone is 1. The Labute approximate surface area is 219 Å². The van der Waals surface area contributed by atoms with Gasteiger partial charge in [0.25, 0.3) is 0 Å². The number of thioether (sulfide) groups is 1. The molecule has 0 saturated heterocycles. The van der Waals surface area contributed by atoms with E-state index >= 15 is 0 Å². The van der Waals surface area contributed by atoms with E-state index in [1.165, 1.54) is 53.6 Å². The molecule has 1 unspecified atom stereocenters. The Bertz CT molecular complexity index is 1310. The van der Waals surface area contributed by atoms with Crippen molar-refractivity contribution in [1.29, 1.82) is 0 Å². The van der Waals surface area contributed by atoms with Crippen LogP contribution in [-0.2, 0) is 20.9 Å². The predicted molar refractivity (Wildman–Crippen MR) is 132 cm³/mol. The normalized spacial score (nSPS) is 17.2. The summed E-state index contributed by atoms with van der Waals surface area (Å²) in [5, 5.41) is 4.31. The maximum absolute atomic E-state index is 14.1. The van der Waals surface area contributed by atoms with Gasteiger partial charge in [-0.05, 0) is 41.7 Å². The minimum atomic E-state index is -4.95. The predicted octanol–water partition coefficient (Wildman–Crippen LogP) is 5.87. The molecule has 0 aromatic heterocycles. The van der Waals surface area contributed by atoms with Crippen LogP contribution in [0.15, 0.2) is 75.9 Å². The number of halogens is 5. The molecule has 4 rings (SSSR count). The first-order chi connectivity index (χ1) is 17.6. The zero-order chi connectivity index (χ0) is 26.7. The van der Waals surface area contributed by atoms with E-state index < -0.39 is 41.2 Å².